The first-order valence-electron chi connectivity index (χ1n) is 5.97. The first kappa shape index (κ1) is 12.5. The van der Waals surface area contributed by atoms with Crippen LogP contribution in [0.25, 0.3) is 22.0 Å². The highest BCUT2D eigenvalue weighted by Gasteiger charge is 2.13. The maximum atomic E-state index is 6.51. The molecule has 0 aliphatic heterocycles. The third-order valence-electron chi connectivity index (χ3n) is 3.10. The lowest BCUT2D eigenvalue weighted by atomic mass is 10.0. The highest BCUT2D eigenvalue weighted by Crippen LogP contribution is 2.38. The third kappa shape index (κ3) is 2.20. The second-order valence-corrected chi connectivity index (χ2v) is 5.21. The molecule has 19 heavy (non-hydrogen) atoms. The Labute approximate surface area is 121 Å². The maximum Gasteiger partial charge on any atom is 0.139 e. The van der Waals surface area contributed by atoms with Gasteiger partial charge in [-0.3, -0.25) is 0 Å². The van der Waals surface area contributed by atoms with Gasteiger partial charge in [0.15, 0.2) is 0 Å². The van der Waals surface area contributed by atoms with E-state index in [4.69, 9.17) is 23.2 Å². The molecule has 94 valence electrons. The van der Waals surface area contributed by atoms with Crippen molar-refractivity contribution in [3.05, 3.63) is 64.3 Å². The molecular formula is C16H11Cl2N. The lowest BCUT2D eigenvalue weighted by Crippen LogP contribution is -1.89. The molecule has 0 aliphatic rings. The van der Waals surface area contributed by atoms with Gasteiger partial charge in [-0.15, -0.1) is 0 Å². The second kappa shape index (κ2) is 4.84. The third-order valence-corrected chi connectivity index (χ3v) is 3.76. The minimum Gasteiger partial charge on any atom is -0.235 e. The first-order valence-corrected chi connectivity index (χ1v) is 6.73. The zero-order valence-corrected chi connectivity index (χ0v) is 11.8. The Morgan fingerprint density at radius 2 is 1.68 bits per heavy atom. The van der Waals surface area contributed by atoms with E-state index in [1.807, 2.05) is 55.5 Å². The van der Waals surface area contributed by atoms with Crippen LogP contribution in [0.4, 0.5) is 0 Å². The van der Waals surface area contributed by atoms with Gasteiger partial charge in [0.05, 0.1) is 10.5 Å². The van der Waals surface area contributed by atoms with Crippen LogP contribution in [0.1, 0.15) is 5.56 Å². The van der Waals surface area contributed by atoms with Crippen LogP contribution in [0.15, 0.2) is 48.5 Å². The standard InChI is InChI=1S/C16H11Cl2N/c1-10-7-8-12-13(9-10)19-16(18)14(15(12)17)11-5-3-2-4-6-11/h2-9H,1H3. The molecule has 0 aliphatic carbocycles. The molecule has 0 fully saturated rings. The van der Waals surface area contributed by atoms with Crippen molar-refractivity contribution in [1.82, 2.24) is 4.98 Å². The lowest BCUT2D eigenvalue weighted by Gasteiger charge is -2.10. The molecule has 0 saturated heterocycles. The predicted octanol–water partition coefficient (Wildman–Crippen LogP) is 5.52. The molecule has 3 heteroatoms. The normalized spacial score (nSPS) is 10.9. The van der Waals surface area contributed by atoms with Gasteiger partial charge in [-0.25, -0.2) is 4.98 Å². The first-order chi connectivity index (χ1) is 9.16. The van der Waals surface area contributed by atoms with Crippen molar-refractivity contribution in [3.63, 3.8) is 0 Å². The van der Waals surface area contributed by atoms with Crippen LogP contribution in [0.2, 0.25) is 10.2 Å². The van der Waals surface area contributed by atoms with Gasteiger partial charge in [0.25, 0.3) is 0 Å². The molecular weight excluding hydrogens is 277 g/mol. The van der Waals surface area contributed by atoms with Crippen molar-refractivity contribution in [2.75, 3.05) is 0 Å². The number of nitrogens with zero attached hydrogens (tertiary/aromatic N) is 1. The fourth-order valence-corrected chi connectivity index (χ4v) is 2.86. The van der Waals surface area contributed by atoms with E-state index < -0.39 is 0 Å². The molecule has 0 radical (unpaired) electrons. The molecule has 0 N–H and O–H groups in total. The Morgan fingerprint density at radius 1 is 0.947 bits per heavy atom. The summed E-state index contributed by atoms with van der Waals surface area (Å²) in [7, 11) is 0. The molecule has 3 rings (SSSR count). The Bertz CT molecular complexity index is 752. The highest BCUT2D eigenvalue weighted by atomic mass is 35.5. The average Bonchev–Trinajstić information content (AvgIpc) is 2.39. The van der Waals surface area contributed by atoms with Crippen molar-refractivity contribution >= 4 is 34.1 Å². The summed E-state index contributed by atoms with van der Waals surface area (Å²) in [5.41, 5.74) is 3.74. The molecule has 0 spiro atoms. The SMILES string of the molecule is Cc1ccc2c(Cl)c(-c3ccccc3)c(Cl)nc2c1. The van der Waals surface area contributed by atoms with Gasteiger partial charge in [0.2, 0.25) is 0 Å². The predicted molar refractivity (Wildman–Crippen MR) is 81.9 cm³/mol. The van der Waals surface area contributed by atoms with Crippen molar-refractivity contribution in [2.24, 2.45) is 0 Å². The monoisotopic (exact) mass is 287 g/mol. The molecule has 2 aromatic carbocycles. The van der Waals surface area contributed by atoms with Crippen molar-refractivity contribution < 1.29 is 0 Å². The van der Waals surface area contributed by atoms with E-state index in [1.165, 1.54) is 0 Å². The van der Waals surface area contributed by atoms with Crippen molar-refractivity contribution in [2.45, 2.75) is 6.92 Å². The van der Waals surface area contributed by atoms with E-state index in [0.29, 0.717) is 10.2 Å². The molecule has 0 saturated carbocycles. The Kier molecular flexibility index (Phi) is 3.17. The summed E-state index contributed by atoms with van der Waals surface area (Å²) in [5, 5.41) is 2.02. The number of rotatable bonds is 1. The summed E-state index contributed by atoms with van der Waals surface area (Å²) >= 11 is 12.8. The van der Waals surface area contributed by atoms with Crippen LogP contribution in [0, 0.1) is 6.92 Å². The van der Waals surface area contributed by atoms with Crippen LogP contribution >= 0.6 is 23.2 Å². The van der Waals surface area contributed by atoms with E-state index in [1.54, 1.807) is 0 Å². The molecule has 1 aromatic heterocycles. The van der Waals surface area contributed by atoms with E-state index in [-0.39, 0.29) is 0 Å². The number of hydrogen-bond donors (Lipinski definition) is 0. The molecule has 0 unspecified atom stereocenters. The van der Waals surface area contributed by atoms with Gasteiger partial charge in [0.1, 0.15) is 5.15 Å². The van der Waals surface area contributed by atoms with Crippen LogP contribution in [-0.4, -0.2) is 4.98 Å². The maximum absolute atomic E-state index is 6.51. The number of fused-ring (bicyclic) bond motifs is 1. The molecule has 1 nitrogen and oxygen atoms in total. The zero-order chi connectivity index (χ0) is 13.4. The summed E-state index contributed by atoms with van der Waals surface area (Å²) in [6.07, 6.45) is 0. The smallest absolute Gasteiger partial charge is 0.139 e. The molecule has 0 atom stereocenters. The largest absolute Gasteiger partial charge is 0.235 e. The summed E-state index contributed by atoms with van der Waals surface area (Å²) in [6, 6.07) is 15.8. The Hall–Kier alpha value is -1.57. The van der Waals surface area contributed by atoms with Crippen LogP contribution in [-0.2, 0) is 0 Å². The number of hydrogen-bond acceptors (Lipinski definition) is 1. The van der Waals surface area contributed by atoms with Crippen LogP contribution < -0.4 is 0 Å². The Morgan fingerprint density at radius 3 is 2.42 bits per heavy atom. The quantitative estimate of drug-likeness (QED) is 0.537. The minimum atomic E-state index is 0.439. The second-order valence-electron chi connectivity index (χ2n) is 4.48. The number of benzene rings is 2. The van der Waals surface area contributed by atoms with E-state index in [9.17, 15) is 0 Å². The van der Waals surface area contributed by atoms with Crippen LogP contribution in [0.3, 0.4) is 0 Å². The summed E-state index contributed by atoms with van der Waals surface area (Å²) in [6.45, 7) is 2.02. The minimum absolute atomic E-state index is 0.439. The van der Waals surface area contributed by atoms with E-state index in [2.05, 4.69) is 4.98 Å². The van der Waals surface area contributed by atoms with Crippen LogP contribution in [0.5, 0.6) is 0 Å². The summed E-state index contributed by atoms with van der Waals surface area (Å²) < 4.78 is 0. The summed E-state index contributed by atoms with van der Waals surface area (Å²) in [4.78, 5) is 4.45. The Balaban J connectivity index is 2.35. The average molecular weight is 288 g/mol. The number of aromatic nitrogens is 1. The molecule has 1 heterocycles. The van der Waals surface area contributed by atoms with E-state index in [0.717, 1.165) is 27.6 Å². The number of pyridine rings is 1. The zero-order valence-electron chi connectivity index (χ0n) is 10.3. The van der Waals surface area contributed by atoms with Gasteiger partial charge >= 0.3 is 0 Å². The van der Waals surface area contributed by atoms with Gasteiger partial charge < -0.3 is 0 Å². The highest BCUT2D eigenvalue weighted by molar-refractivity contribution is 6.42. The van der Waals surface area contributed by atoms with Gasteiger partial charge in [-0.2, -0.15) is 0 Å². The molecule has 0 bridgehead atoms. The lowest BCUT2D eigenvalue weighted by molar-refractivity contribution is 1.38. The van der Waals surface area contributed by atoms with Crippen molar-refractivity contribution in [1.29, 1.82) is 0 Å². The van der Waals surface area contributed by atoms with E-state index >= 15 is 0 Å². The fourth-order valence-electron chi connectivity index (χ4n) is 2.16. The molecule has 0 amide bonds. The summed E-state index contributed by atoms with van der Waals surface area (Å²) in [5.74, 6) is 0. The van der Waals surface area contributed by atoms with Gasteiger partial charge in [-0.1, -0.05) is 65.7 Å². The number of halogens is 2. The van der Waals surface area contributed by atoms with Crippen molar-refractivity contribution in [3.8, 4) is 11.1 Å². The van der Waals surface area contributed by atoms with Gasteiger partial charge in [0, 0.05) is 10.9 Å². The fraction of sp³-hybridized carbons (Fsp3) is 0.0625. The van der Waals surface area contributed by atoms with Gasteiger partial charge in [-0.05, 0) is 24.1 Å². The topological polar surface area (TPSA) is 12.9 Å². The number of aryl methyl sites for hydroxylation is 1. The molecule has 3 aromatic rings.